The van der Waals surface area contributed by atoms with Crippen LogP contribution in [0.25, 0.3) is 0 Å². The number of amides is 2. The third-order valence-corrected chi connectivity index (χ3v) is 7.30. The second-order valence-corrected chi connectivity index (χ2v) is 9.85. The van der Waals surface area contributed by atoms with Crippen LogP contribution in [-0.4, -0.2) is 61.8 Å². The average Bonchev–Trinajstić information content (AvgIpc) is 3.33. The van der Waals surface area contributed by atoms with Crippen LogP contribution in [0.4, 0.5) is 5.82 Å². The van der Waals surface area contributed by atoms with Crippen LogP contribution in [-0.2, 0) is 26.5 Å². The number of aromatic nitrogens is 1. The van der Waals surface area contributed by atoms with Gasteiger partial charge in [-0.25, -0.2) is 4.98 Å². The number of hydrogen-bond donors (Lipinski definition) is 2. The van der Waals surface area contributed by atoms with E-state index >= 15 is 0 Å². The van der Waals surface area contributed by atoms with E-state index in [1.54, 1.807) is 44.1 Å². The van der Waals surface area contributed by atoms with Gasteiger partial charge in [0, 0.05) is 38.5 Å². The minimum absolute atomic E-state index is 0.121. The van der Waals surface area contributed by atoms with Crippen molar-refractivity contribution in [2.24, 2.45) is 4.99 Å². The van der Waals surface area contributed by atoms with Gasteiger partial charge in [-0.05, 0) is 74.9 Å². The van der Waals surface area contributed by atoms with Crippen molar-refractivity contribution in [1.29, 1.82) is 5.26 Å². The van der Waals surface area contributed by atoms with Crippen LogP contribution in [0.1, 0.15) is 53.7 Å². The molecule has 40 heavy (non-hydrogen) atoms. The lowest BCUT2D eigenvalue weighted by molar-refractivity contribution is -0.134. The monoisotopic (exact) mass is 542 g/mol. The molecule has 0 bridgehead atoms. The molecule has 1 fully saturated rings. The molecule has 2 aliphatic heterocycles. The van der Waals surface area contributed by atoms with Gasteiger partial charge in [-0.15, -0.1) is 0 Å². The fourth-order valence-corrected chi connectivity index (χ4v) is 4.96. The number of carbonyl (C=O) groups excluding carboxylic acids is 2. The van der Waals surface area contributed by atoms with Crippen LogP contribution in [0.3, 0.4) is 0 Å². The summed E-state index contributed by atoms with van der Waals surface area (Å²) >= 11 is 0. The number of nitrogens with zero attached hydrogens (tertiary/aromatic N) is 4. The lowest BCUT2D eigenvalue weighted by Crippen LogP contribution is -2.45. The maximum atomic E-state index is 13.4. The zero-order valence-corrected chi connectivity index (χ0v) is 23.1. The summed E-state index contributed by atoms with van der Waals surface area (Å²) in [5.74, 6) is 0.142. The van der Waals surface area contributed by atoms with E-state index in [1.165, 1.54) is 6.20 Å². The molecule has 208 valence electrons. The number of hydrogen-bond acceptors (Lipinski definition) is 8. The molecule has 0 atom stereocenters. The minimum Gasteiger partial charge on any atom is -0.383 e. The first-order chi connectivity index (χ1) is 19.3. The highest BCUT2D eigenvalue weighted by Gasteiger charge is 2.43. The number of allylic oxidation sites excluding steroid dienone is 2. The molecule has 1 saturated heterocycles. The second-order valence-electron chi connectivity index (χ2n) is 9.85. The molecule has 1 aromatic carbocycles. The highest BCUT2D eigenvalue weighted by atomic mass is 16.5. The van der Waals surface area contributed by atoms with E-state index in [4.69, 9.17) is 9.47 Å². The number of rotatable bonds is 9. The zero-order valence-electron chi connectivity index (χ0n) is 23.1. The van der Waals surface area contributed by atoms with Gasteiger partial charge in [-0.1, -0.05) is 6.07 Å². The SMILES string of the molecule is C=N/C(C)=C(\C=C(/C)C(=O)N1CCC2(CC1)OCc1cc(C#N)ccc12)NC(=O)c1ccc(NCCOC)nc1. The predicted octanol–water partition coefficient (Wildman–Crippen LogP) is 3.67. The van der Waals surface area contributed by atoms with Gasteiger partial charge in [0.25, 0.3) is 5.91 Å². The Morgan fingerprint density at radius 1 is 1.27 bits per heavy atom. The Kier molecular flexibility index (Phi) is 9.09. The Morgan fingerprint density at radius 3 is 2.70 bits per heavy atom. The molecule has 1 spiro atoms. The third-order valence-electron chi connectivity index (χ3n) is 7.30. The predicted molar refractivity (Wildman–Crippen MR) is 152 cm³/mol. The normalized spacial score (nSPS) is 16.6. The molecule has 2 N–H and O–H groups in total. The van der Waals surface area contributed by atoms with E-state index in [0.717, 1.165) is 11.1 Å². The van der Waals surface area contributed by atoms with Crippen molar-refractivity contribution in [2.45, 2.75) is 38.9 Å². The number of ether oxygens (including phenoxy) is 2. The molecular weight excluding hydrogens is 508 g/mol. The molecular formula is C30H34N6O4. The number of likely N-dealkylation sites (tertiary alicyclic amines) is 1. The summed E-state index contributed by atoms with van der Waals surface area (Å²) in [4.78, 5) is 36.3. The summed E-state index contributed by atoms with van der Waals surface area (Å²) in [5.41, 5.74) is 4.05. The summed E-state index contributed by atoms with van der Waals surface area (Å²) in [7, 11) is 1.62. The number of pyridine rings is 1. The van der Waals surface area contributed by atoms with Gasteiger partial charge < -0.3 is 25.0 Å². The van der Waals surface area contributed by atoms with Crippen LogP contribution in [0.5, 0.6) is 0 Å². The van der Waals surface area contributed by atoms with Crippen LogP contribution in [0.15, 0.2) is 64.6 Å². The molecule has 3 heterocycles. The Hall–Kier alpha value is -4.33. The molecule has 0 unspecified atom stereocenters. The zero-order chi connectivity index (χ0) is 28.7. The van der Waals surface area contributed by atoms with Gasteiger partial charge in [0.1, 0.15) is 5.82 Å². The molecule has 2 aliphatic rings. The third kappa shape index (κ3) is 6.28. The lowest BCUT2D eigenvalue weighted by Gasteiger charge is -2.39. The first-order valence-electron chi connectivity index (χ1n) is 13.1. The topological polar surface area (TPSA) is 129 Å². The standard InChI is InChI=1S/C30H34N6O4/c1-20(15-26(21(2)32-3)35-28(37)23-6-8-27(34-18-23)33-11-14-39-4)29(38)36-12-9-30(10-13-36)25-7-5-22(17-31)16-24(25)19-40-30/h5-8,15-16,18H,3,9-14,19H2,1-2,4H3,(H,33,34)(H,35,37)/b20-15+,26-21+. The Balaban J connectivity index is 1.41. The number of nitrogens with one attached hydrogen (secondary N) is 2. The summed E-state index contributed by atoms with van der Waals surface area (Å²) in [5, 5.41) is 15.1. The number of aliphatic imine (C=N–C) groups is 1. The summed E-state index contributed by atoms with van der Waals surface area (Å²) < 4.78 is 11.2. The number of fused-ring (bicyclic) bond motifs is 2. The van der Waals surface area contributed by atoms with Crippen molar-refractivity contribution in [3.63, 3.8) is 0 Å². The fourth-order valence-electron chi connectivity index (χ4n) is 4.96. The molecule has 10 heteroatoms. The maximum absolute atomic E-state index is 13.4. The van der Waals surface area contributed by atoms with E-state index in [9.17, 15) is 14.9 Å². The highest BCUT2D eigenvalue weighted by molar-refractivity contribution is 5.97. The Morgan fingerprint density at radius 2 is 2.05 bits per heavy atom. The largest absolute Gasteiger partial charge is 0.383 e. The second kappa shape index (κ2) is 12.7. The van der Waals surface area contributed by atoms with Crippen molar-refractivity contribution >= 4 is 24.3 Å². The van der Waals surface area contributed by atoms with Crippen molar-refractivity contribution in [3.8, 4) is 6.07 Å². The average molecular weight is 543 g/mol. The van der Waals surface area contributed by atoms with Gasteiger partial charge in [0.05, 0.1) is 47.4 Å². The van der Waals surface area contributed by atoms with Gasteiger partial charge in [0.2, 0.25) is 5.91 Å². The first kappa shape index (κ1) is 28.7. The highest BCUT2D eigenvalue weighted by Crippen LogP contribution is 2.44. The Bertz CT molecular complexity index is 1380. The smallest absolute Gasteiger partial charge is 0.257 e. The molecule has 10 nitrogen and oxygen atoms in total. The van der Waals surface area contributed by atoms with Crippen molar-refractivity contribution in [3.05, 3.63) is 81.8 Å². The number of anilines is 1. The summed E-state index contributed by atoms with van der Waals surface area (Å²) in [6.45, 7) is 9.70. The molecule has 2 amide bonds. The van der Waals surface area contributed by atoms with E-state index in [2.05, 4.69) is 33.4 Å². The quantitative estimate of drug-likeness (QED) is 0.214. The van der Waals surface area contributed by atoms with E-state index in [1.807, 2.05) is 18.2 Å². The van der Waals surface area contributed by atoms with Crippen LogP contribution < -0.4 is 10.6 Å². The van der Waals surface area contributed by atoms with Crippen molar-refractivity contribution in [2.75, 3.05) is 38.7 Å². The molecule has 1 aromatic heterocycles. The Labute approximate surface area is 234 Å². The van der Waals surface area contributed by atoms with Crippen LogP contribution in [0, 0.1) is 11.3 Å². The van der Waals surface area contributed by atoms with Gasteiger partial charge in [0.15, 0.2) is 0 Å². The molecule has 0 saturated carbocycles. The van der Waals surface area contributed by atoms with E-state index in [0.29, 0.717) is 79.6 Å². The van der Waals surface area contributed by atoms with Crippen molar-refractivity contribution in [1.82, 2.24) is 15.2 Å². The van der Waals surface area contributed by atoms with Gasteiger partial charge >= 0.3 is 0 Å². The number of nitriles is 1. The minimum atomic E-state index is -0.428. The van der Waals surface area contributed by atoms with E-state index in [-0.39, 0.29) is 11.8 Å². The molecule has 4 rings (SSSR count). The fraction of sp³-hybridized carbons (Fsp3) is 0.367. The van der Waals surface area contributed by atoms with Gasteiger partial charge in [-0.3, -0.25) is 14.6 Å². The van der Waals surface area contributed by atoms with Crippen LogP contribution in [0.2, 0.25) is 0 Å². The van der Waals surface area contributed by atoms with E-state index < -0.39 is 5.60 Å². The number of carbonyl (C=O) groups is 2. The summed E-state index contributed by atoms with van der Waals surface area (Å²) in [6, 6.07) is 11.3. The maximum Gasteiger partial charge on any atom is 0.257 e. The summed E-state index contributed by atoms with van der Waals surface area (Å²) in [6.07, 6.45) is 4.45. The van der Waals surface area contributed by atoms with Crippen LogP contribution >= 0.6 is 0 Å². The number of methoxy groups -OCH3 is 1. The van der Waals surface area contributed by atoms with Crippen molar-refractivity contribution < 1.29 is 19.1 Å². The molecule has 0 aliphatic carbocycles. The molecule has 0 radical (unpaired) electrons. The lowest BCUT2D eigenvalue weighted by atomic mass is 9.83. The van der Waals surface area contributed by atoms with Gasteiger partial charge in [-0.2, -0.15) is 5.26 Å². The first-order valence-corrected chi connectivity index (χ1v) is 13.1. The molecule has 2 aromatic rings. The number of piperidine rings is 1. The number of benzene rings is 1.